The van der Waals surface area contributed by atoms with Gasteiger partial charge in [0.25, 0.3) is 5.91 Å². The molecule has 0 aliphatic heterocycles. The maximum Gasteiger partial charge on any atom is 0.335 e. The van der Waals surface area contributed by atoms with E-state index in [-0.39, 0.29) is 11.5 Å². The summed E-state index contributed by atoms with van der Waals surface area (Å²) in [5.41, 5.74) is 3.96. The largest absolute Gasteiger partial charge is 0.478 e. The van der Waals surface area contributed by atoms with E-state index >= 15 is 0 Å². The highest BCUT2D eigenvalue weighted by Gasteiger charge is 2.12. The first kappa shape index (κ1) is 14.8. The number of benzene rings is 2. The molecule has 0 atom stereocenters. The van der Waals surface area contributed by atoms with Crippen LogP contribution in [-0.4, -0.2) is 17.0 Å². The van der Waals surface area contributed by atoms with Crippen LogP contribution in [-0.2, 0) is 0 Å². The highest BCUT2D eigenvalue weighted by molar-refractivity contribution is 6.06. The Kier molecular flexibility index (Phi) is 4.08. The summed E-state index contributed by atoms with van der Waals surface area (Å²) in [5, 5.41) is 11.8. The minimum absolute atomic E-state index is 0.150. The Hall–Kier alpha value is -2.62. The molecule has 0 aromatic heterocycles. The Morgan fingerprint density at radius 2 is 1.62 bits per heavy atom. The molecule has 1 amide bonds. The van der Waals surface area contributed by atoms with Crippen LogP contribution in [0.15, 0.2) is 36.4 Å². The molecular weight excluding hydrogens is 266 g/mol. The summed E-state index contributed by atoms with van der Waals surface area (Å²) in [4.78, 5) is 23.4. The van der Waals surface area contributed by atoms with Gasteiger partial charge in [0.1, 0.15) is 0 Å². The molecule has 0 aliphatic rings. The van der Waals surface area contributed by atoms with Crippen molar-refractivity contribution in [2.24, 2.45) is 0 Å². The highest BCUT2D eigenvalue weighted by Crippen LogP contribution is 2.19. The van der Waals surface area contributed by atoms with Gasteiger partial charge in [-0.05, 0) is 50.1 Å². The summed E-state index contributed by atoms with van der Waals surface area (Å²) in [5.74, 6) is -1.25. The number of hydrogen-bond acceptors (Lipinski definition) is 2. The van der Waals surface area contributed by atoms with E-state index in [1.165, 1.54) is 12.1 Å². The number of aromatic carboxylic acids is 1. The van der Waals surface area contributed by atoms with Gasteiger partial charge in [-0.1, -0.05) is 23.8 Å². The zero-order valence-electron chi connectivity index (χ0n) is 12.2. The third-order valence-electron chi connectivity index (χ3n) is 3.37. The number of amides is 1. The predicted octanol–water partition coefficient (Wildman–Crippen LogP) is 3.56. The second-order valence-electron chi connectivity index (χ2n) is 5.11. The summed E-state index contributed by atoms with van der Waals surface area (Å²) >= 11 is 0. The fourth-order valence-electron chi connectivity index (χ4n) is 2.06. The van der Waals surface area contributed by atoms with Gasteiger partial charge in [0.15, 0.2) is 0 Å². The molecule has 0 aliphatic carbocycles. The van der Waals surface area contributed by atoms with Crippen LogP contribution in [0.25, 0.3) is 0 Å². The monoisotopic (exact) mass is 283 g/mol. The number of carbonyl (C=O) groups excluding carboxylic acids is 1. The van der Waals surface area contributed by atoms with E-state index < -0.39 is 5.97 Å². The number of carboxylic acids is 1. The molecular formula is C17H17NO3. The predicted molar refractivity (Wildman–Crippen MR) is 82.0 cm³/mol. The van der Waals surface area contributed by atoms with E-state index in [1.807, 2.05) is 39.0 Å². The number of anilines is 1. The number of aryl methyl sites for hydroxylation is 3. The highest BCUT2D eigenvalue weighted by atomic mass is 16.4. The molecule has 0 saturated heterocycles. The second-order valence-corrected chi connectivity index (χ2v) is 5.11. The first-order valence-corrected chi connectivity index (χ1v) is 6.61. The van der Waals surface area contributed by atoms with Crippen molar-refractivity contribution in [3.8, 4) is 0 Å². The van der Waals surface area contributed by atoms with Crippen molar-refractivity contribution >= 4 is 17.6 Å². The molecule has 0 spiro atoms. The van der Waals surface area contributed by atoms with Crippen molar-refractivity contribution in [2.45, 2.75) is 20.8 Å². The van der Waals surface area contributed by atoms with Gasteiger partial charge in [0.05, 0.1) is 5.56 Å². The van der Waals surface area contributed by atoms with E-state index in [4.69, 9.17) is 5.11 Å². The zero-order valence-corrected chi connectivity index (χ0v) is 12.2. The fraction of sp³-hybridized carbons (Fsp3) is 0.176. The molecule has 0 radical (unpaired) electrons. The van der Waals surface area contributed by atoms with Crippen molar-refractivity contribution in [3.05, 3.63) is 64.2 Å². The quantitative estimate of drug-likeness (QED) is 0.905. The Balaban J connectivity index is 2.33. The standard InChI is InChI=1S/C17H17NO3/c1-10-4-5-11(2)14(8-10)16(19)18-15-9-13(17(20)21)7-6-12(15)3/h4-9H,1-3H3,(H,18,19)(H,20,21). The van der Waals surface area contributed by atoms with E-state index in [0.717, 1.165) is 16.7 Å². The summed E-state index contributed by atoms with van der Waals surface area (Å²) in [6.07, 6.45) is 0. The average molecular weight is 283 g/mol. The zero-order chi connectivity index (χ0) is 15.6. The Labute approximate surface area is 123 Å². The van der Waals surface area contributed by atoms with Crippen LogP contribution in [0.1, 0.15) is 37.4 Å². The van der Waals surface area contributed by atoms with Crippen LogP contribution in [0.5, 0.6) is 0 Å². The van der Waals surface area contributed by atoms with Gasteiger partial charge in [0.2, 0.25) is 0 Å². The molecule has 0 fully saturated rings. The van der Waals surface area contributed by atoms with Crippen LogP contribution in [0.3, 0.4) is 0 Å². The van der Waals surface area contributed by atoms with Gasteiger partial charge < -0.3 is 10.4 Å². The number of rotatable bonds is 3. The van der Waals surface area contributed by atoms with Crippen LogP contribution in [0.2, 0.25) is 0 Å². The third kappa shape index (κ3) is 3.28. The Morgan fingerprint density at radius 3 is 2.29 bits per heavy atom. The summed E-state index contributed by atoms with van der Waals surface area (Å²) in [6, 6.07) is 10.3. The fourth-order valence-corrected chi connectivity index (χ4v) is 2.06. The molecule has 0 unspecified atom stereocenters. The first-order chi connectivity index (χ1) is 9.88. The Morgan fingerprint density at radius 1 is 0.952 bits per heavy atom. The van der Waals surface area contributed by atoms with Crippen molar-refractivity contribution < 1.29 is 14.7 Å². The topological polar surface area (TPSA) is 66.4 Å². The lowest BCUT2D eigenvalue weighted by Gasteiger charge is -2.11. The summed E-state index contributed by atoms with van der Waals surface area (Å²) < 4.78 is 0. The number of carbonyl (C=O) groups is 2. The van der Waals surface area contributed by atoms with Gasteiger partial charge in [-0.2, -0.15) is 0 Å². The molecule has 0 bridgehead atoms. The van der Waals surface area contributed by atoms with Gasteiger partial charge >= 0.3 is 5.97 Å². The maximum absolute atomic E-state index is 12.4. The smallest absolute Gasteiger partial charge is 0.335 e. The molecule has 4 heteroatoms. The Bertz CT molecular complexity index is 720. The third-order valence-corrected chi connectivity index (χ3v) is 3.37. The summed E-state index contributed by atoms with van der Waals surface area (Å²) in [7, 11) is 0. The molecule has 0 saturated carbocycles. The lowest BCUT2D eigenvalue weighted by atomic mass is 10.0. The number of hydrogen-bond donors (Lipinski definition) is 2. The SMILES string of the molecule is Cc1ccc(C)c(C(=O)Nc2cc(C(=O)O)ccc2C)c1. The molecule has 21 heavy (non-hydrogen) atoms. The van der Waals surface area contributed by atoms with Crippen LogP contribution >= 0.6 is 0 Å². The summed E-state index contributed by atoms with van der Waals surface area (Å²) in [6.45, 7) is 5.62. The molecule has 108 valence electrons. The minimum Gasteiger partial charge on any atom is -0.478 e. The van der Waals surface area contributed by atoms with Gasteiger partial charge in [-0.3, -0.25) is 4.79 Å². The van der Waals surface area contributed by atoms with Crippen LogP contribution in [0.4, 0.5) is 5.69 Å². The van der Waals surface area contributed by atoms with E-state index in [2.05, 4.69) is 5.32 Å². The molecule has 2 aromatic rings. The van der Waals surface area contributed by atoms with Gasteiger partial charge in [-0.15, -0.1) is 0 Å². The minimum atomic E-state index is -1.02. The second kappa shape index (κ2) is 5.79. The first-order valence-electron chi connectivity index (χ1n) is 6.61. The lowest BCUT2D eigenvalue weighted by Crippen LogP contribution is -2.15. The van der Waals surface area contributed by atoms with Crippen molar-refractivity contribution in [3.63, 3.8) is 0 Å². The van der Waals surface area contributed by atoms with Crippen molar-refractivity contribution in [1.82, 2.24) is 0 Å². The normalized spacial score (nSPS) is 10.2. The molecule has 0 heterocycles. The molecule has 2 aromatic carbocycles. The molecule has 2 N–H and O–H groups in total. The molecule has 4 nitrogen and oxygen atoms in total. The van der Waals surface area contributed by atoms with Gasteiger partial charge in [-0.25, -0.2) is 4.79 Å². The average Bonchev–Trinajstić information content (AvgIpc) is 2.43. The van der Waals surface area contributed by atoms with E-state index in [0.29, 0.717) is 11.3 Å². The van der Waals surface area contributed by atoms with Crippen molar-refractivity contribution in [2.75, 3.05) is 5.32 Å². The lowest BCUT2D eigenvalue weighted by molar-refractivity contribution is 0.0696. The van der Waals surface area contributed by atoms with Gasteiger partial charge in [0, 0.05) is 11.3 Å². The maximum atomic E-state index is 12.4. The number of carboxylic acid groups (broad SMARTS) is 1. The van der Waals surface area contributed by atoms with E-state index in [1.54, 1.807) is 6.07 Å². The molecule has 2 rings (SSSR count). The van der Waals surface area contributed by atoms with Crippen molar-refractivity contribution in [1.29, 1.82) is 0 Å². The number of nitrogens with one attached hydrogen (secondary N) is 1. The van der Waals surface area contributed by atoms with E-state index in [9.17, 15) is 9.59 Å². The van der Waals surface area contributed by atoms with Crippen LogP contribution in [0, 0.1) is 20.8 Å². The van der Waals surface area contributed by atoms with Crippen LogP contribution < -0.4 is 5.32 Å².